The molecular formula is C62H111NO34. The molecule has 21 aliphatic heterocycles. The molecule has 21 rings (SSSR count). The van der Waals surface area contributed by atoms with Crippen LogP contribution < -0.4 is 5.73 Å². The lowest BCUT2D eigenvalue weighted by Crippen LogP contribution is -2.69. The fourth-order valence-corrected chi connectivity index (χ4v) is 14.7. The summed E-state index contributed by atoms with van der Waals surface area (Å²) in [6.07, 6.45) is -35.9. The van der Waals surface area contributed by atoms with Gasteiger partial charge in [0.2, 0.25) is 0 Å². The van der Waals surface area contributed by atoms with Gasteiger partial charge in [0, 0.05) is 149 Å². The molecule has 21 heterocycles. The van der Waals surface area contributed by atoms with Crippen molar-refractivity contribution < 1.29 is 161 Å². The second-order valence-electron chi connectivity index (χ2n) is 24.3. The zero-order valence-electron chi connectivity index (χ0n) is 59.6. The van der Waals surface area contributed by atoms with Gasteiger partial charge in [-0.05, 0) is 0 Å². The number of ether oxygens (including phenoxy) is 34. The lowest BCUT2D eigenvalue weighted by Gasteiger charge is -2.52. The Labute approximate surface area is 568 Å². The van der Waals surface area contributed by atoms with Gasteiger partial charge < -0.3 is 167 Å². The van der Waals surface area contributed by atoms with E-state index in [9.17, 15) is 0 Å². The summed E-state index contributed by atoms with van der Waals surface area (Å²) in [4.78, 5) is 0. The van der Waals surface area contributed by atoms with E-state index in [4.69, 9.17) is 167 Å². The van der Waals surface area contributed by atoms with Crippen LogP contribution in [0.4, 0.5) is 0 Å². The minimum absolute atomic E-state index is 0.0382. The molecule has 21 fully saturated rings. The van der Waals surface area contributed by atoms with Gasteiger partial charge in [-0.25, -0.2) is 0 Å². The molecule has 0 unspecified atom stereocenters. The Balaban J connectivity index is 1.23. The van der Waals surface area contributed by atoms with Crippen LogP contribution in [0.3, 0.4) is 0 Å². The van der Waals surface area contributed by atoms with Gasteiger partial charge in [-0.15, -0.1) is 0 Å². The summed E-state index contributed by atoms with van der Waals surface area (Å²) in [6.45, 7) is -0.339. The van der Waals surface area contributed by atoms with Crippen LogP contribution in [0.1, 0.15) is 0 Å². The second kappa shape index (κ2) is 39.6. The van der Waals surface area contributed by atoms with Crippen molar-refractivity contribution in [2.75, 3.05) is 188 Å². The fraction of sp³-hybridized carbons (Fsp3) is 1.00. The van der Waals surface area contributed by atoms with Crippen molar-refractivity contribution in [3.05, 3.63) is 0 Å². The Morgan fingerprint density at radius 1 is 0.175 bits per heavy atom. The van der Waals surface area contributed by atoms with Gasteiger partial charge in [0.1, 0.15) is 171 Å². The molecule has 0 aliphatic carbocycles. The normalized spacial score (nSPS) is 46.4. The minimum atomic E-state index is -1.22. The Morgan fingerprint density at radius 3 is 0.412 bits per heavy atom. The van der Waals surface area contributed by atoms with E-state index in [1.165, 1.54) is 142 Å². The van der Waals surface area contributed by atoms with Gasteiger partial charge in [0.05, 0.1) is 39.6 Å². The highest BCUT2D eigenvalue weighted by Crippen LogP contribution is 2.43. The van der Waals surface area contributed by atoms with E-state index in [2.05, 4.69) is 0 Å². The first-order chi connectivity index (χ1) is 47.2. The van der Waals surface area contributed by atoms with Crippen molar-refractivity contribution in [3.63, 3.8) is 0 Å². The third-order valence-corrected chi connectivity index (χ3v) is 19.2. The van der Waals surface area contributed by atoms with Crippen LogP contribution in [0.15, 0.2) is 0 Å². The Bertz CT molecular complexity index is 2180. The van der Waals surface area contributed by atoms with E-state index in [0.29, 0.717) is 0 Å². The molecule has 35 nitrogen and oxygen atoms in total. The van der Waals surface area contributed by atoms with Crippen molar-refractivity contribution in [2.24, 2.45) is 5.73 Å². The van der Waals surface area contributed by atoms with E-state index < -0.39 is 215 Å². The molecule has 97 heavy (non-hydrogen) atoms. The zero-order valence-corrected chi connectivity index (χ0v) is 59.6. The summed E-state index contributed by atoms with van der Waals surface area (Å²) < 4.78 is 220. The molecule has 35 heteroatoms. The molecule has 0 amide bonds. The molecule has 0 saturated carbocycles. The van der Waals surface area contributed by atoms with Crippen molar-refractivity contribution in [1.82, 2.24) is 0 Å². The van der Waals surface area contributed by atoms with Gasteiger partial charge in [-0.1, -0.05) is 0 Å². The average Bonchev–Trinajstić information content (AvgIpc) is 0.775. The first kappa shape index (κ1) is 81.3. The second-order valence-corrected chi connectivity index (χ2v) is 24.3. The van der Waals surface area contributed by atoms with Crippen LogP contribution in [0.2, 0.25) is 0 Å². The number of rotatable bonds is 27. The largest absolute Gasteiger partial charge is 0.382 e. The first-order valence-electron chi connectivity index (χ1n) is 32.4. The van der Waals surface area contributed by atoms with Crippen molar-refractivity contribution in [1.29, 1.82) is 0 Å². The molecular weight excluding hydrogens is 1300 g/mol. The number of nitrogens with two attached hydrogens (primary N) is 1. The van der Waals surface area contributed by atoms with Crippen LogP contribution in [-0.2, 0) is 161 Å². The zero-order chi connectivity index (χ0) is 70.2. The Morgan fingerprint density at radius 2 is 0.299 bits per heavy atom. The van der Waals surface area contributed by atoms with Gasteiger partial charge in [0.15, 0.2) is 44.0 Å². The number of methoxy groups -OCH3 is 20. The summed E-state index contributed by atoms with van der Waals surface area (Å²) >= 11 is 0. The third kappa shape index (κ3) is 17.6. The van der Waals surface area contributed by atoms with Crippen LogP contribution in [0, 0.1) is 0 Å². The number of hydrogen-bond donors (Lipinski definition) is 1. The molecule has 2 N–H and O–H groups in total. The Kier molecular flexibility index (Phi) is 33.2. The molecule has 0 aromatic heterocycles. The highest BCUT2D eigenvalue weighted by molar-refractivity contribution is 5.04. The molecule has 35 atom stereocenters. The lowest BCUT2D eigenvalue weighted by atomic mass is 9.94. The topological polar surface area (TPSA) is 340 Å². The molecule has 14 bridgehead atoms. The van der Waals surface area contributed by atoms with Gasteiger partial charge >= 0.3 is 0 Å². The van der Waals surface area contributed by atoms with Crippen molar-refractivity contribution >= 4 is 0 Å². The SMILES string of the molecule is COC[C@@H]1O[C@@H]2O[C@H]3[C@H](OC)[C@@H](OC)[C@@H](O[C@H]4[C@@H](OC)[C@H](OC)[C@@H](O[C@H]5[C@H](OC)[C@H](OC)[C@@H](O[C@H]6[C@H](OC)[C@@H](OC)[C@@H](O[C@H]7[C@H](OC)[C@@H](OC)[C@@H](O[C@H]8[C@H](OC)[C@@H](OC)[C@@H](O[C@H]1[C@H](OC)[C@H]2OC)O[C@H]8COC)O[C@H]7CN)O[C@@H]6COC)O[C@@H]5COC)O[C@@H]4COC)O[C@H]3COC. The van der Waals surface area contributed by atoms with Crippen LogP contribution in [0.5, 0.6) is 0 Å². The Hall–Kier alpha value is -1.40. The first-order valence-corrected chi connectivity index (χ1v) is 32.4. The monoisotopic (exact) mass is 1410 g/mol. The van der Waals surface area contributed by atoms with E-state index in [1.807, 2.05) is 0 Å². The lowest BCUT2D eigenvalue weighted by molar-refractivity contribution is -0.402. The molecule has 0 spiro atoms. The maximum atomic E-state index is 7.02. The number of hydrogen-bond acceptors (Lipinski definition) is 35. The molecule has 568 valence electrons. The summed E-state index contributed by atoms with van der Waals surface area (Å²) in [5.74, 6) is 0. The van der Waals surface area contributed by atoms with Crippen LogP contribution in [-0.4, -0.2) is 403 Å². The van der Waals surface area contributed by atoms with Crippen LogP contribution in [0.25, 0.3) is 0 Å². The smallest absolute Gasteiger partial charge is 0.187 e. The highest BCUT2D eigenvalue weighted by atomic mass is 16.8. The average molecular weight is 1410 g/mol. The van der Waals surface area contributed by atoms with E-state index in [1.54, 1.807) is 0 Å². The summed E-state index contributed by atoms with van der Waals surface area (Å²) in [5.41, 5.74) is 6.62. The summed E-state index contributed by atoms with van der Waals surface area (Å²) in [6, 6.07) is 0. The molecule has 0 aromatic carbocycles. The highest BCUT2D eigenvalue weighted by Gasteiger charge is 2.62. The van der Waals surface area contributed by atoms with Crippen molar-refractivity contribution in [3.8, 4) is 0 Å². The third-order valence-electron chi connectivity index (χ3n) is 19.2. The maximum Gasteiger partial charge on any atom is 0.187 e. The maximum absolute atomic E-state index is 7.02. The quantitative estimate of drug-likeness (QED) is 0.0913. The van der Waals surface area contributed by atoms with E-state index in [0.717, 1.165) is 0 Å². The van der Waals surface area contributed by atoms with Gasteiger partial charge in [-0.3, -0.25) is 0 Å². The molecule has 0 aromatic rings. The molecule has 21 saturated heterocycles. The van der Waals surface area contributed by atoms with Crippen LogP contribution >= 0.6 is 0 Å². The molecule has 21 aliphatic rings. The van der Waals surface area contributed by atoms with Gasteiger partial charge in [-0.2, -0.15) is 0 Å². The van der Waals surface area contributed by atoms with Crippen molar-refractivity contribution in [2.45, 2.75) is 215 Å². The summed E-state index contributed by atoms with van der Waals surface area (Å²) in [7, 11) is 30.1. The molecule has 0 radical (unpaired) electrons. The van der Waals surface area contributed by atoms with E-state index in [-0.39, 0.29) is 46.2 Å². The minimum Gasteiger partial charge on any atom is -0.382 e. The predicted octanol–water partition coefficient (Wildman–Crippen LogP) is -2.18. The summed E-state index contributed by atoms with van der Waals surface area (Å²) in [5, 5.41) is 0. The van der Waals surface area contributed by atoms with E-state index >= 15 is 0 Å². The predicted molar refractivity (Wildman–Crippen MR) is 326 cm³/mol. The van der Waals surface area contributed by atoms with Gasteiger partial charge in [0.25, 0.3) is 0 Å². The fourth-order valence-electron chi connectivity index (χ4n) is 14.7. The standard InChI is InChI=1S/C62H111NO34/c1-64-22-29-36-43(71-8)51(79-16)58(86-29)94-38-31(24-66-3)88-60(53(81-18)45(38)73-10)96-40-33(26-68-5)90-62(55(83-20)47(40)75-12)97-41-34(27-69-6)89-61(54(82-19)48(41)76-13)95-39-32(25-67-4)87-59(52(80-17)46(39)74-11)93-37-30(23-65-2)85-57(50(78-15)44(37)72-9)91-35-28(21-63)84-56(92-36)49(77-14)42(35)70-7/h28-62H,21-27,63H2,1-20H3/t28-,29-,30+,31-,32+,33-,34+,35+,36+,37+,38+,39+,40+,41+,42-,43-,44-,45-,46-,47-,48+,49+,50+,51+,52-,53+,54-,55+,56+,57+,58+,59+,60+,61+,62+/m0/s1.